The molecule has 11 nitrogen and oxygen atoms in total. The van der Waals surface area contributed by atoms with Gasteiger partial charge in [-0.1, -0.05) is 97.8 Å². The maximum absolute atomic E-state index is 15.2. The SMILES string of the molecule is CCCCCCCCCCCCCCCC(F)N(O)[C@@]1(O)[C@H](O)[C@@H](CO)O[C@]1(O)n1cc(C(C)C)c(=O)[nH]c1=O. The lowest BCUT2D eigenvalue weighted by atomic mass is 9.99. The van der Waals surface area contributed by atoms with Crippen LogP contribution in [0.5, 0.6) is 0 Å². The number of aliphatic hydroxyl groups excluding tert-OH is 2. The second-order valence-electron chi connectivity index (χ2n) is 11.3. The van der Waals surface area contributed by atoms with E-state index in [4.69, 9.17) is 4.74 Å². The summed E-state index contributed by atoms with van der Waals surface area (Å²) in [5.41, 5.74) is -5.25. The number of nitrogens with zero attached hydrogens (tertiary/aromatic N) is 2. The summed E-state index contributed by atoms with van der Waals surface area (Å²) in [7, 11) is 0. The third-order valence-corrected chi connectivity index (χ3v) is 7.82. The minimum absolute atomic E-state index is 0.0224. The number of nitrogens with one attached hydrogen (secondary N) is 1. The molecule has 12 heteroatoms. The number of ether oxygens (including phenoxy) is 1. The number of alkyl halides is 1. The lowest BCUT2D eigenvalue weighted by molar-refractivity contribution is -0.428. The first-order chi connectivity index (χ1) is 18.9. The predicted octanol–water partition coefficient (Wildman–Crippen LogP) is 3.17. The molecule has 1 saturated heterocycles. The van der Waals surface area contributed by atoms with Crippen LogP contribution >= 0.6 is 0 Å². The Balaban J connectivity index is 1.97. The number of hydroxylamine groups is 2. The monoisotopic (exact) mass is 575 g/mol. The van der Waals surface area contributed by atoms with Gasteiger partial charge in [-0.05, 0) is 18.8 Å². The van der Waals surface area contributed by atoms with Gasteiger partial charge in [0.15, 0.2) is 6.30 Å². The van der Waals surface area contributed by atoms with E-state index in [1.807, 2.05) is 4.98 Å². The quantitative estimate of drug-likeness (QED) is 0.0628. The van der Waals surface area contributed by atoms with Crippen molar-refractivity contribution in [1.29, 1.82) is 0 Å². The van der Waals surface area contributed by atoms with Gasteiger partial charge in [0.25, 0.3) is 5.56 Å². The van der Waals surface area contributed by atoms with Crippen LogP contribution in [0.15, 0.2) is 15.8 Å². The van der Waals surface area contributed by atoms with Crippen LogP contribution in [0, 0.1) is 0 Å². The normalized spacial score (nSPS) is 25.8. The van der Waals surface area contributed by atoms with E-state index < -0.39 is 53.9 Å². The zero-order chi connectivity index (χ0) is 29.9. The molecule has 1 aliphatic heterocycles. The van der Waals surface area contributed by atoms with Crippen LogP contribution in [0.4, 0.5) is 4.39 Å². The van der Waals surface area contributed by atoms with Crippen molar-refractivity contribution in [1.82, 2.24) is 14.6 Å². The number of hydrogen-bond acceptors (Lipinski definition) is 9. The van der Waals surface area contributed by atoms with Crippen LogP contribution in [0.25, 0.3) is 0 Å². The van der Waals surface area contributed by atoms with E-state index in [1.54, 1.807) is 13.8 Å². The fourth-order valence-electron chi connectivity index (χ4n) is 5.26. The van der Waals surface area contributed by atoms with Gasteiger partial charge in [0.05, 0.1) is 6.61 Å². The highest BCUT2D eigenvalue weighted by Gasteiger charge is 2.71. The highest BCUT2D eigenvalue weighted by Crippen LogP contribution is 2.44. The molecule has 2 rings (SSSR count). The van der Waals surface area contributed by atoms with Crippen molar-refractivity contribution in [3.05, 3.63) is 32.6 Å². The fourth-order valence-corrected chi connectivity index (χ4v) is 5.26. The minimum atomic E-state index is -3.30. The van der Waals surface area contributed by atoms with Crippen molar-refractivity contribution in [2.45, 2.75) is 147 Å². The summed E-state index contributed by atoms with van der Waals surface area (Å²) in [4.78, 5) is 26.8. The molecule has 0 saturated carbocycles. The molecule has 0 aliphatic carbocycles. The lowest BCUT2D eigenvalue weighted by Gasteiger charge is -2.43. The van der Waals surface area contributed by atoms with E-state index in [0.717, 1.165) is 25.5 Å². The Hall–Kier alpha value is -1.67. The molecule has 6 N–H and O–H groups in total. The number of hydrogen-bond donors (Lipinski definition) is 6. The van der Waals surface area contributed by atoms with Gasteiger partial charge in [-0.3, -0.25) is 9.78 Å². The molecule has 232 valence electrons. The van der Waals surface area contributed by atoms with Gasteiger partial charge in [-0.15, -0.1) is 5.06 Å². The third kappa shape index (κ3) is 7.99. The summed E-state index contributed by atoms with van der Waals surface area (Å²) in [6.45, 7) is 4.56. The highest BCUT2D eigenvalue weighted by atomic mass is 19.1. The molecule has 0 spiro atoms. The summed E-state index contributed by atoms with van der Waals surface area (Å²) in [5, 5.41) is 53.5. The van der Waals surface area contributed by atoms with E-state index in [-0.39, 0.29) is 17.0 Å². The van der Waals surface area contributed by atoms with E-state index in [2.05, 4.69) is 6.92 Å². The maximum atomic E-state index is 15.2. The molecule has 1 aromatic heterocycles. The van der Waals surface area contributed by atoms with Crippen LogP contribution < -0.4 is 11.2 Å². The van der Waals surface area contributed by atoms with Crippen molar-refractivity contribution >= 4 is 0 Å². The molecule has 0 aromatic carbocycles. The number of rotatable bonds is 19. The van der Waals surface area contributed by atoms with Gasteiger partial charge >= 0.3 is 11.6 Å². The summed E-state index contributed by atoms with van der Waals surface area (Å²) >= 11 is 0. The third-order valence-electron chi connectivity index (χ3n) is 7.82. The van der Waals surface area contributed by atoms with Crippen molar-refractivity contribution < 1.29 is 34.8 Å². The maximum Gasteiger partial charge on any atom is 0.332 e. The van der Waals surface area contributed by atoms with Crippen molar-refractivity contribution in [3.8, 4) is 0 Å². The summed E-state index contributed by atoms with van der Waals surface area (Å²) in [6.07, 6.45) is 8.66. The Morgan fingerprint density at radius 3 is 1.98 bits per heavy atom. The fraction of sp³-hybridized carbons (Fsp3) is 0.857. The van der Waals surface area contributed by atoms with Gasteiger partial charge in [-0.2, -0.15) is 0 Å². The average Bonchev–Trinajstić information content (AvgIpc) is 3.12. The van der Waals surface area contributed by atoms with Crippen LogP contribution in [-0.4, -0.2) is 71.1 Å². The number of halogens is 1. The molecular formula is C28H50FN3O8. The summed E-state index contributed by atoms with van der Waals surface area (Å²) in [5.74, 6) is -3.68. The molecule has 1 fully saturated rings. The Kier molecular flexibility index (Phi) is 13.9. The standard InChI is InChI=1S/C28H50FN3O8/c1-4-5-6-7-8-9-10-11-12-13-14-15-16-17-23(29)32(39)27(37)24(34)22(19-33)40-28(27,38)31-18-21(20(2)3)25(35)30-26(31)36/h18,20,22-24,33-34,37-39H,4-17,19H2,1-3H3,(H,30,35,36)/t22-,23?,24-,27-,28+/m1/s1. The second-order valence-corrected chi connectivity index (χ2v) is 11.3. The zero-order valence-electron chi connectivity index (χ0n) is 24.2. The number of aliphatic hydroxyl groups is 4. The Labute approximate surface area is 235 Å². The van der Waals surface area contributed by atoms with Crippen LogP contribution in [0.2, 0.25) is 0 Å². The van der Waals surface area contributed by atoms with Crippen molar-refractivity contribution in [2.75, 3.05) is 6.61 Å². The van der Waals surface area contributed by atoms with Gasteiger partial charge < -0.3 is 30.4 Å². The van der Waals surface area contributed by atoms with E-state index in [1.165, 1.54) is 51.4 Å². The molecule has 0 radical (unpaired) electrons. The van der Waals surface area contributed by atoms with Crippen LogP contribution in [0.3, 0.4) is 0 Å². The Morgan fingerprint density at radius 1 is 1.00 bits per heavy atom. The molecule has 0 bridgehead atoms. The van der Waals surface area contributed by atoms with Crippen LogP contribution in [-0.2, 0) is 10.6 Å². The van der Waals surface area contributed by atoms with E-state index in [0.29, 0.717) is 17.4 Å². The van der Waals surface area contributed by atoms with E-state index >= 15 is 4.39 Å². The Morgan fingerprint density at radius 2 is 1.50 bits per heavy atom. The number of aromatic nitrogens is 2. The molecule has 1 aromatic rings. The van der Waals surface area contributed by atoms with Gasteiger partial charge in [0.1, 0.15) is 12.2 Å². The molecule has 1 aliphatic rings. The molecule has 2 heterocycles. The minimum Gasteiger partial charge on any atom is -0.394 e. The largest absolute Gasteiger partial charge is 0.394 e. The highest BCUT2D eigenvalue weighted by molar-refractivity contribution is 5.13. The van der Waals surface area contributed by atoms with Crippen LogP contribution in [0.1, 0.15) is 122 Å². The van der Waals surface area contributed by atoms with Gasteiger partial charge in [0, 0.05) is 11.8 Å². The smallest absolute Gasteiger partial charge is 0.332 e. The molecular weight excluding hydrogens is 525 g/mol. The number of H-pyrrole nitrogens is 1. The number of aromatic amines is 1. The Bertz CT molecular complexity index is 1000. The zero-order valence-corrected chi connectivity index (χ0v) is 24.2. The molecule has 1 unspecified atom stereocenters. The molecule has 5 atom stereocenters. The first kappa shape index (κ1) is 34.5. The van der Waals surface area contributed by atoms with Crippen molar-refractivity contribution in [2.24, 2.45) is 0 Å². The average molecular weight is 576 g/mol. The number of unbranched alkanes of at least 4 members (excludes halogenated alkanes) is 12. The predicted molar refractivity (Wildman–Crippen MR) is 147 cm³/mol. The summed E-state index contributed by atoms with van der Waals surface area (Å²) in [6, 6.07) is 0. The first-order valence-electron chi connectivity index (χ1n) is 14.9. The first-order valence-corrected chi connectivity index (χ1v) is 14.9. The lowest BCUT2D eigenvalue weighted by Crippen LogP contribution is -2.69. The summed E-state index contributed by atoms with van der Waals surface area (Å²) < 4.78 is 20.8. The second kappa shape index (κ2) is 16.1. The molecule has 40 heavy (non-hydrogen) atoms. The topological polar surface area (TPSA) is 168 Å². The molecule has 0 amide bonds. The van der Waals surface area contributed by atoms with Gasteiger partial charge in [0.2, 0.25) is 5.72 Å². The van der Waals surface area contributed by atoms with Crippen molar-refractivity contribution in [3.63, 3.8) is 0 Å². The van der Waals surface area contributed by atoms with Gasteiger partial charge in [-0.25, -0.2) is 13.8 Å². The van der Waals surface area contributed by atoms with E-state index in [9.17, 15) is 35.2 Å².